The Morgan fingerprint density at radius 1 is 1.11 bits per heavy atom. The summed E-state index contributed by atoms with van der Waals surface area (Å²) in [5.41, 5.74) is 2.43. The SMILES string of the molecule is CN(CC(=O)Nc1ccccc1Cl)C(=O)Cc1csc(Cc2ccccc2)n1. The first-order valence-electron chi connectivity index (χ1n) is 8.77. The van der Waals surface area contributed by atoms with Gasteiger partial charge in [0.1, 0.15) is 0 Å². The monoisotopic (exact) mass is 413 g/mol. The highest BCUT2D eigenvalue weighted by Crippen LogP contribution is 2.20. The fourth-order valence-electron chi connectivity index (χ4n) is 2.63. The van der Waals surface area contributed by atoms with Gasteiger partial charge >= 0.3 is 0 Å². The Hall–Kier alpha value is -2.70. The van der Waals surface area contributed by atoms with Crippen LogP contribution in [-0.2, 0) is 22.4 Å². The van der Waals surface area contributed by atoms with Gasteiger partial charge in [0.2, 0.25) is 11.8 Å². The molecule has 3 aromatic rings. The van der Waals surface area contributed by atoms with Gasteiger partial charge in [0, 0.05) is 18.8 Å². The largest absolute Gasteiger partial charge is 0.336 e. The lowest BCUT2D eigenvalue weighted by molar-refractivity contribution is -0.132. The molecule has 1 heterocycles. The Labute approximate surface area is 173 Å². The third kappa shape index (κ3) is 5.65. The number of aromatic nitrogens is 1. The van der Waals surface area contributed by atoms with Crippen LogP contribution < -0.4 is 5.32 Å². The minimum atomic E-state index is -0.299. The molecule has 0 aliphatic carbocycles. The maximum Gasteiger partial charge on any atom is 0.244 e. The van der Waals surface area contributed by atoms with Crippen molar-refractivity contribution in [1.29, 1.82) is 0 Å². The first-order valence-corrected chi connectivity index (χ1v) is 10.0. The Balaban J connectivity index is 1.51. The van der Waals surface area contributed by atoms with E-state index in [1.807, 2.05) is 23.6 Å². The Kier molecular flexibility index (Phi) is 6.79. The molecule has 2 aromatic carbocycles. The molecule has 0 saturated carbocycles. The molecule has 1 N–H and O–H groups in total. The van der Waals surface area contributed by atoms with Crippen molar-refractivity contribution in [3.05, 3.63) is 81.3 Å². The van der Waals surface area contributed by atoms with E-state index in [0.717, 1.165) is 17.1 Å². The van der Waals surface area contributed by atoms with Gasteiger partial charge in [-0.15, -0.1) is 11.3 Å². The van der Waals surface area contributed by atoms with Gasteiger partial charge in [-0.25, -0.2) is 4.98 Å². The fourth-order valence-corrected chi connectivity index (χ4v) is 3.64. The number of nitrogens with one attached hydrogen (secondary N) is 1. The predicted molar refractivity (Wildman–Crippen MR) is 113 cm³/mol. The van der Waals surface area contributed by atoms with E-state index in [-0.39, 0.29) is 24.8 Å². The highest BCUT2D eigenvalue weighted by molar-refractivity contribution is 7.09. The molecular weight excluding hydrogens is 394 g/mol. The van der Waals surface area contributed by atoms with Gasteiger partial charge in [0.15, 0.2) is 0 Å². The van der Waals surface area contributed by atoms with Gasteiger partial charge in [-0.2, -0.15) is 0 Å². The number of amides is 2. The standard InChI is InChI=1S/C21H20ClN3O2S/c1-25(13-19(26)24-18-10-6-5-9-17(18)22)21(27)12-16-14-28-20(23-16)11-15-7-3-2-4-8-15/h2-10,14H,11-13H2,1H3,(H,24,26). The number of nitrogens with zero attached hydrogens (tertiary/aromatic N) is 2. The maximum absolute atomic E-state index is 12.4. The second-order valence-electron chi connectivity index (χ2n) is 6.35. The highest BCUT2D eigenvalue weighted by Gasteiger charge is 2.16. The number of carbonyl (C=O) groups excluding carboxylic acids is 2. The molecule has 2 amide bonds. The van der Waals surface area contributed by atoms with E-state index in [0.29, 0.717) is 10.7 Å². The van der Waals surface area contributed by atoms with Crippen LogP contribution in [0.3, 0.4) is 0 Å². The molecular formula is C21H20ClN3O2S. The molecule has 144 valence electrons. The van der Waals surface area contributed by atoms with E-state index >= 15 is 0 Å². The number of halogens is 1. The zero-order valence-electron chi connectivity index (χ0n) is 15.4. The third-order valence-corrected chi connectivity index (χ3v) is 5.31. The number of rotatable bonds is 7. The van der Waals surface area contributed by atoms with Crippen molar-refractivity contribution >= 4 is 40.4 Å². The summed E-state index contributed by atoms with van der Waals surface area (Å²) in [7, 11) is 1.60. The number of para-hydroxylation sites is 1. The molecule has 0 aliphatic rings. The molecule has 0 bridgehead atoms. The molecule has 0 atom stereocenters. The summed E-state index contributed by atoms with van der Waals surface area (Å²) in [6.45, 7) is -0.0505. The van der Waals surface area contributed by atoms with E-state index in [1.54, 1.807) is 31.3 Å². The normalized spacial score (nSPS) is 10.5. The number of likely N-dealkylation sites (N-methyl/N-ethyl adjacent to an activating group) is 1. The van der Waals surface area contributed by atoms with Gasteiger partial charge in [-0.1, -0.05) is 54.1 Å². The van der Waals surface area contributed by atoms with Crippen LogP contribution in [0.2, 0.25) is 5.02 Å². The van der Waals surface area contributed by atoms with Crippen molar-refractivity contribution in [3.63, 3.8) is 0 Å². The molecule has 28 heavy (non-hydrogen) atoms. The minimum absolute atomic E-state index is 0.0505. The lowest BCUT2D eigenvalue weighted by Crippen LogP contribution is -2.35. The molecule has 0 radical (unpaired) electrons. The molecule has 3 rings (SSSR count). The summed E-state index contributed by atoms with van der Waals surface area (Å²) in [5.74, 6) is -0.460. The van der Waals surface area contributed by atoms with Crippen LogP contribution in [0.1, 0.15) is 16.3 Å². The predicted octanol–water partition coefficient (Wildman–Crippen LogP) is 4.03. The Morgan fingerprint density at radius 2 is 1.82 bits per heavy atom. The number of hydrogen-bond acceptors (Lipinski definition) is 4. The van der Waals surface area contributed by atoms with Gasteiger partial charge in [-0.05, 0) is 17.7 Å². The summed E-state index contributed by atoms with van der Waals surface area (Å²) in [6, 6.07) is 17.1. The molecule has 0 unspecified atom stereocenters. The molecule has 5 nitrogen and oxygen atoms in total. The van der Waals surface area contributed by atoms with Gasteiger partial charge in [0.05, 0.1) is 34.4 Å². The molecule has 0 fully saturated rings. The smallest absolute Gasteiger partial charge is 0.244 e. The van der Waals surface area contributed by atoms with Crippen molar-refractivity contribution in [2.24, 2.45) is 0 Å². The third-order valence-electron chi connectivity index (χ3n) is 4.08. The highest BCUT2D eigenvalue weighted by atomic mass is 35.5. The van der Waals surface area contributed by atoms with Gasteiger partial charge < -0.3 is 10.2 Å². The van der Waals surface area contributed by atoms with Crippen molar-refractivity contribution in [2.45, 2.75) is 12.8 Å². The molecule has 0 spiro atoms. The second-order valence-corrected chi connectivity index (χ2v) is 7.70. The van der Waals surface area contributed by atoms with E-state index < -0.39 is 0 Å². The summed E-state index contributed by atoms with van der Waals surface area (Å²) >= 11 is 7.57. The van der Waals surface area contributed by atoms with E-state index in [1.165, 1.54) is 21.8 Å². The molecule has 1 aromatic heterocycles. The minimum Gasteiger partial charge on any atom is -0.336 e. The summed E-state index contributed by atoms with van der Waals surface area (Å²) in [5, 5.41) is 6.03. The average molecular weight is 414 g/mol. The van der Waals surface area contributed by atoms with Crippen LogP contribution in [0.5, 0.6) is 0 Å². The first kappa shape index (κ1) is 20.0. The second kappa shape index (κ2) is 9.48. The van der Waals surface area contributed by atoms with Crippen LogP contribution in [-0.4, -0.2) is 35.3 Å². The molecule has 7 heteroatoms. The van der Waals surface area contributed by atoms with Gasteiger partial charge in [-0.3, -0.25) is 9.59 Å². The lowest BCUT2D eigenvalue weighted by Gasteiger charge is -2.16. The van der Waals surface area contributed by atoms with Crippen LogP contribution in [0.4, 0.5) is 5.69 Å². The van der Waals surface area contributed by atoms with Crippen molar-refractivity contribution in [2.75, 3.05) is 18.9 Å². The Bertz CT molecular complexity index is 959. The van der Waals surface area contributed by atoms with Crippen molar-refractivity contribution in [1.82, 2.24) is 9.88 Å². The van der Waals surface area contributed by atoms with Crippen LogP contribution >= 0.6 is 22.9 Å². The zero-order valence-corrected chi connectivity index (χ0v) is 17.0. The van der Waals surface area contributed by atoms with E-state index in [4.69, 9.17) is 11.6 Å². The lowest BCUT2D eigenvalue weighted by atomic mass is 10.2. The molecule has 0 saturated heterocycles. The number of hydrogen-bond donors (Lipinski definition) is 1. The summed E-state index contributed by atoms with van der Waals surface area (Å²) in [4.78, 5) is 30.5. The molecule has 0 aliphatic heterocycles. The summed E-state index contributed by atoms with van der Waals surface area (Å²) < 4.78 is 0. The topological polar surface area (TPSA) is 62.3 Å². The van der Waals surface area contributed by atoms with Gasteiger partial charge in [0.25, 0.3) is 0 Å². The van der Waals surface area contributed by atoms with Crippen LogP contribution in [0.25, 0.3) is 0 Å². The van der Waals surface area contributed by atoms with Crippen LogP contribution in [0.15, 0.2) is 60.0 Å². The zero-order chi connectivity index (χ0) is 19.9. The number of benzene rings is 2. The number of thiazole rings is 1. The number of anilines is 1. The average Bonchev–Trinajstić information content (AvgIpc) is 3.11. The maximum atomic E-state index is 12.4. The summed E-state index contributed by atoms with van der Waals surface area (Å²) in [6.07, 6.45) is 0.914. The number of carbonyl (C=O) groups is 2. The Morgan fingerprint density at radius 3 is 2.57 bits per heavy atom. The van der Waals surface area contributed by atoms with Crippen molar-refractivity contribution < 1.29 is 9.59 Å². The van der Waals surface area contributed by atoms with Crippen molar-refractivity contribution in [3.8, 4) is 0 Å². The van der Waals surface area contributed by atoms with E-state index in [9.17, 15) is 9.59 Å². The quantitative estimate of drug-likeness (QED) is 0.636. The van der Waals surface area contributed by atoms with Crippen LogP contribution in [0, 0.1) is 0 Å². The van der Waals surface area contributed by atoms with E-state index in [2.05, 4.69) is 22.4 Å². The first-order chi connectivity index (χ1) is 13.5. The fraction of sp³-hybridized carbons (Fsp3) is 0.190.